The molecule has 0 aliphatic rings. The molecule has 1 aromatic carbocycles. The largest absolute Gasteiger partial charge is 0.380 e. The van der Waals surface area contributed by atoms with Gasteiger partial charge >= 0.3 is 0 Å². The lowest BCUT2D eigenvalue weighted by atomic mass is 10.1. The van der Waals surface area contributed by atoms with Gasteiger partial charge in [0.1, 0.15) is 5.82 Å². The highest BCUT2D eigenvalue weighted by Gasteiger charge is 2.20. The van der Waals surface area contributed by atoms with Crippen molar-refractivity contribution in [3.8, 4) is 0 Å². The molecule has 1 atom stereocenters. The number of benzene rings is 1. The minimum absolute atomic E-state index is 0.132. The van der Waals surface area contributed by atoms with Crippen LogP contribution in [0, 0.1) is 19.7 Å². The lowest BCUT2D eigenvalue weighted by molar-refractivity contribution is 0.122. The van der Waals surface area contributed by atoms with Gasteiger partial charge in [0.2, 0.25) is 10.0 Å². The summed E-state index contributed by atoms with van der Waals surface area (Å²) < 4.78 is 44.8. The Labute approximate surface area is 107 Å². The van der Waals surface area contributed by atoms with Crippen LogP contribution in [0.4, 0.5) is 4.39 Å². The first-order valence-corrected chi connectivity index (χ1v) is 7.05. The predicted molar refractivity (Wildman–Crippen MR) is 67.5 cm³/mol. The number of methoxy groups -OCH3 is 1. The minimum Gasteiger partial charge on any atom is -0.380 e. The fourth-order valence-corrected chi connectivity index (χ4v) is 3.27. The van der Waals surface area contributed by atoms with E-state index >= 15 is 0 Å². The molecule has 1 N–H and O–H groups in total. The summed E-state index contributed by atoms with van der Waals surface area (Å²) in [5.41, 5.74) is 0.787. The highest BCUT2D eigenvalue weighted by atomic mass is 32.2. The van der Waals surface area contributed by atoms with Gasteiger partial charge in [0.25, 0.3) is 0 Å². The van der Waals surface area contributed by atoms with Gasteiger partial charge < -0.3 is 4.74 Å². The third kappa shape index (κ3) is 3.51. The number of rotatable bonds is 5. The molecule has 0 bridgehead atoms. The van der Waals surface area contributed by atoms with Crippen LogP contribution in [0.25, 0.3) is 0 Å². The summed E-state index contributed by atoms with van der Waals surface area (Å²) in [6.45, 7) is 5.08. The summed E-state index contributed by atoms with van der Waals surface area (Å²) in [6.07, 6.45) is -0.221. The monoisotopic (exact) mass is 275 g/mol. The number of hydrogen-bond acceptors (Lipinski definition) is 3. The maximum absolute atomic E-state index is 13.1. The molecule has 0 aliphatic heterocycles. The summed E-state index contributed by atoms with van der Waals surface area (Å²) in [5, 5.41) is 0. The fourth-order valence-electron chi connectivity index (χ4n) is 1.70. The van der Waals surface area contributed by atoms with Crippen molar-refractivity contribution in [3.05, 3.63) is 29.1 Å². The Morgan fingerprint density at radius 3 is 2.28 bits per heavy atom. The van der Waals surface area contributed by atoms with Gasteiger partial charge in [-0.1, -0.05) is 0 Å². The molecule has 1 rings (SSSR count). The van der Waals surface area contributed by atoms with Crippen LogP contribution in [0.5, 0.6) is 0 Å². The normalized spacial score (nSPS) is 13.6. The van der Waals surface area contributed by atoms with Crippen molar-refractivity contribution in [2.75, 3.05) is 13.7 Å². The first-order valence-electron chi connectivity index (χ1n) is 5.57. The van der Waals surface area contributed by atoms with Crippen molar-refractivity contribution in [3.63, 3.8) is 0 Å². The van der Waals surface area contributed by atoms with Crippen molar-refractivity contribution in [1.82, 2.24) is 4.72 Å². The van der Waals surface area contributed by atoms with Crippen molar-refractivity contribution in [2.45, 2.75) is 31.8 Å². The smallest absolute Gasteiger partial charge is 0.241 e. The van der Waals surface area contributed by atoms with E-state index in [1.165, 1.54) is 19.2 Å². The zero-order valence-electron chi connectivity index (χ0n) is 11.0. The molecule has 102 valence electrons. The molecule has 0 radical (unpaired) electrons. The third-order valence-electron chi connectivity index (χ3n) is 2.66. The lowest BCUT2D eigenvalue weighted by Crippen LogP contribution is -2.32. The van der Waals surface area contributed by atoms with Crippen LogP contribution in [0.15, 0.2) is 17.0 Å². The Morgan fingerprint density at radius 1 is 1.33 bits per heavy atom. The molecule has 0 saturated heterocycles. The second-order valence-electron chi connectivity index (χ2n) is 4.27. The average Bonchev–Trinajstić information content (AvgIpc) is 2.24. The quantitative estimate of drug-likeness (QED) is 0.890. The maximum Gasteiger partial charge on any atom is 0.241 e. The molecule has 0 spiro atoms. The summed E-state index contributed by atoms with van der Waals surface area (Å²) in [6, 6.07) is 2.42. The topological polar surface area (TPSA) is 55.4 Å². The summed E-state index contributed by atoms with van der Waals surface area (Å²) in [4.78, 5) is 0.132. The van der Waals surface area contributed by atoms with Crippen molar-refractivity contribution in [1.29, 1.82) is 0 Å². The molecule has 0 aromatic heterocycles. The number of aryl methyl sites for hydroxylation is 2. The fraction of sp³-hybridized carbons (Fsp3) is 0.500. The van der Waals surface area contributed by atoms with Gasteiger partial charge in [-0.05, 0) is 44.0 Å². The Kier molecular flexibility index (Phi) is 4.84. The van der Waals surface area contributed by atoms with Gasteiger partial charge in [-0.2, -0.15) is 0 Å². The number of hydrogen-bond donors (Lipinski definition) is 1. The van der Waals surface area contributed by atoms with Crippen molar-refractivity contribution < 1.29 is 17.5 Å². The molecule has 6 heteroatoms. The second kappa shape index (κ2) is 5.77. The number of ether oxygens (including phenoxy) is 1. The van der Waals surface area contributed by atoms with E-state index in [-0.39, 0.29) is 17.5 Å². The molecule has 0 aliphatic carbocycles. The highest BCUT2D eigenvalue weighted by molar-refractivity contribution is 7.89. The van der Waals surface area contributed by atoms with Gasteiger partial charge in [-0.15, -0.1) is 0 Å². The molecule has 0 amide bonds. The van der Waals surface area contributed by atoms with Gasteiger partial charge in [-0.25, -0.2) is 17.5 Å². The summed E-state index contributed by atoms with van der Waals surface area (Å²) in [7, 11) is -2.13. The molecule has 0 saturated carbocycles. The second-order valence-corrected chi connectivity index (χ2v) is 5.97. The predicted octanol–water partition coefficient (Wildman–Crippen LogP) is 1.76. The van der Waals surface area contributed by atoms with Crippen LogP contribution < -0.4 is 4.72 Å². The SMILES string of the molecule is COC(C)CNS(=O)(=O)c1c(C)cc(F)cc1C. The van der Waals surface area contributed by atoms with Gasteiger partial charge in [0, 0.05) is 13.7 Å². The zero-order valence-corrected chi connectivity index (χ0v) is 11.8. The Bertz CT molecular complexity index is 505. The van der Waals surface area contributed by atoms with E-state index in [0.29, 0.717) is 11.1 Å². The molecule has 1 aromatic rings. The first-order chi connectivity index (χ1) is 8.27. The first kappa shape index (κ1) is 15.1. The summed E-state index contributed by atoms with van der Waals surface area (Å²) in [5.74, 6) is -0.436. The van der Waals surface area contributed by atoms with Gasteiger partial charge in [-0.3, -0.25) is 0 Å². The van der Waals surface area contributed by atoms with E-state index < -0.39 is 15.8 Å². The standard InChI is InChI=1S/C12H18FNO3S/c1-8-5-11(13)6-9(2)12(8)18(15,16)14-7-10(3)17-4/h5-6,10,14H,7H2,1-4H3. The van der Waals surface area contributed by atoms with E-state index in [1.807, 2.05) is 0 Å². The Balaban J connectivity index is 3.06. The third-order valence-corrected chi connectivity index (χ3v) is 4.39. The highest BCUT2D eigenvalue weighted by Crippen LogP contribution is 2.21. The van der Waals surface area contributed by atoms with Crippen molar-refractivity contribution >= 4 is 10.0 Å². The Morgan fingerprint density at radius 2 is 1.83 bits per heavy atom. The van der Waals surface area contributed by atoms with Crippen molar-refractivity contribution in [2.24, 2.45) is 0 Å². The van der Waals surface area contributed by atoms with Crippen LogP contribution in [-0.2, 0) is 14.8 Å². The van der Waals surface area contributed by atoms with E-state index in [0.717, 1.165) is 0 Å². The molecule has 0 fully saturated rings. The number of sulfonamides is 1. The zero-order chi connectivity index (χ0) is 13.9. The van der Waals surface area contributed by atoms with E-state index in [9.17, 15) is 12.8 Å². The van der Waals surface area contributed by atoms with Gasteiger partial charge in [0.15, 0.2) is 0 Å². The van der Waals surface area contributed by atoms with E-state index in [2.05, 4.69) is 4.72 Å². The number of halogens is 1. The van der Waals surface area contributed by atoms with Crippen LogP contribution in [0.3, 0.4) is 0 Å². The van der Waals surface area contributed by atoms with Crippen LogP contribution in [-0.4, -0.2) is 28.2 Å². The Hall–Kier alpha value is -0.980. The maximum atomic E-state index is 13.1. The lowest BCUT2D eigenvalue weighted by Gasteiger charge is -2.14. The van der Waals surface area contributed by atoms with Gasteiger partial charge in [0.05, 0.1) is 11.0 Å². The molecule has 1 unspecified atom stereocenters. The van der Waals surface area contributed by atoms with E-state index in [4.69, 9.17) is 4.74 Å². The van der Waals surface area contributed by atoms with E-state index in [1.54, 1.807) is 20.8 Å². The molecule has 0 heterocycles. The summed E-state index contributed by atoms with van der Waals surface area (Å²) >= 11 is 0. The van der Waals surface area contributed by atoms with Crippen LogP contribution >= 0.6 is 0 Å². The molecular formula is C12H18FNO3S. The molecule has 4 nitrogen and oxygen atoms in total. The molecule has 18 heavy (non-hydrogen) atoms. The minimum atomic E-state index is -3.64. The average molecular weight is 275 g/mol. The van der Waals surface area contributed by atoms with Crippen LogP contribution in [0.2, 0.25) is 0 Å². The van der Waals surface area contributed by atoms with Crippen LogP contribution in [0.1, 0.15) is 18.1 Å². The molecular weight excluding hydrogens is 257 g/mol. The number of nitrogens with one attached hydrogen (secondary N) is 1.